The van der Waals surface area contributed by atoms with Gasteiger partial charge in [-0.2, -0.15) is 0 Å². The zero-order valence-electron chi connectivity index (χ0n) is 15.0. The van der Waals surface area contributed by atoms with Gasteiger partial charge in [-0.3, -0.25) is 4.79 Å². The summed E-state index contributed by atoms with van der Waals surface area (Å²) < 4.78 is 31.4. The summed E-state index contributed by atoms with van der Waals surface area (Å²) in [5.41, 5.74) is -0.269. The van der Waals surface area contributed by atoms with Crippen LogP contribution in [-0.2, 0) is 19.6 Å². The first kappa shape index (κ1) is 21.5. The number of carbonyl (C=O) groups is 2. The van der Waals surface area contributed by atoms with Gasteiger partial charge < -0.3 is 15.3 Å². The quantitative estimate of drug-likeness (QED) is 0.272. The summed E-state index contributed by atoms with van der Waals surface area (Å²) in [5, 5.41) is 17.3. The Morgan fingerprint density at radius 1 is 1.19 bits per heavy atom. The first-order valence-electron chi connectivity index (χ1n) is 7.73. The average Bonchev–Trinajstić information content (AvgIpc) is 2.50. The van der Waals surface area contributed by atoms with Gasteiger partial charge in [0.05, 0.1) is 16.0 Å². The number of hydrogen-bond donors (Lipinski definition) is 3. The van der Waals surface area contributed by atoms with Crippen molar-refractivity contribution >= 4 is 27.5 Å². The normalized spacial score (nSPS) is 12.5. The van der Waals surface area contributed by atoms with Gasteiger partial charge in [-0.05, 0) is 52.0 Å². The Balaban J connectivity index is 2.88. The van der Waals surface area contributed by atoms with Crippen LogP contribution in [0.5, 0.6) is 0 Å². The minimum atomic E-state index is -3.67. The topological polar surface area (TPSA) is 134 Å². The van der Waals surface area contributed by atoms with Crippen LogP contribution in [-0.4, -0.2) is 43.6 Å². The summed E-state index contributed by atoms with van der Waals surface area (Å²) in [5.74, 6) is -1.83. The molecule has 0 aliphatic rings. The Morgan fingerprint density at radius 3 is 2.15 bits per heavy atom. The maximum absolute atomic E-state index is 12.0. The van der Waals surface area contributed by atoms with Gasteiger partial charge in [0.2, 0.25) is 10.0 Å². The summed E-state index contributed by atoms with van der Waals surface area (Å²) in [6.07, 6.45) is 0. The molecule has 9 heteroatoms. The van der Waals surface area contributed by atoms with Crippen molar-refractivity contribution in [3.05, 3.63) is 41.2 Å². The number of sulfonamides is 1. The molecule has 0 saturated carbocycles. The molecule has 0 heterocycles. The molecule has 0 atom stereocenters. The third kappa shape index (κ3) is 5.78. The number of carbonyl (C=O) groups excluding carboxylic acids is 2. The van der Waals surface area contributed by atoms with Gasteiger partial charge in [0, 0.05) is 11.8 Å². The fraction of sp³-hybridized carbons (Fsp3) is 0.353. The van der Waals surface area contributed by atoms with Crippen molar-refractivity contribution in [2.75, 3.05) is 6.61 Å². The van der Waals surface area contributed by atoms with Crippen LogP contribution in [0.1, 0.15) is 38.1 Å². The number of Topliss-reactive ketones (excluding diaryl/α,β-unsaturated/α-hetero) is 1. The third-order valence-corrected chi connectivity index (χ3v) is 4.82. The van der Waals surface area contributed by atoms with Gasteiger partial charge >= 0.3 is 5.97 Å². The molecule has 1 aromatic carbocycles. The molecule has 0 aliphatic heterocycles. The number of hydrogen-bond acceptors (Lipinski definition) is 7. The Hall–Kier alpha value is -2.52. The van der Waals surface area contributed by atoms with Gasteiger partial charge in [-0.15, -0.1) is 0 Å². The molecule has 1 rings (SSSR count). The molecular formula is C17H22N2O6S. The summed E-state index contributed by atoms with van der Waals surface area (Å²) in [4.78, 5) is 23.4. The molecule has 0 saturated heterocycles. The lowest BCUT2D eigenvalue weighted by atomic mass is 10.1. The van der Waals surface area contributed by atoms with Crippen molar-refractivity contribution < 1.29 is 27.9 Å². The van der Waals surface area contributed by atoms with Crippen LogP contribution in [0.4, 0.5) is 0 Å². The van der Waals surface area contributed by atoms with Gasteiger partial charge in [0.1, 0.15) is 12.4 Å². The predicted molar refractivity (Wildman–Crippen MR) is 95.9 cm³/mol. The van der Waals surface area contributed by atoms with Gasteiger partial charge in [-0.25, -0.2) is 17.9 Å². The van der Waals surface area contributed by atoms with Crippen molar-refractivity contribution in [2.45, 2.75) is 38.6 Å². The molecule has 0 aliphatic carbocycles. The number of rotatable bonds is 8. The highest BCUT2D eigenvalue weighted by Gasteiger charge is 2.18. The SMILES string of the molecule is CC(=N)/C(C(C)=O)=C(/O)COC(=O)c1ccc(S(=O)(=O)NC(C)C)cc1. The van der Waals surface area contributed by atoms with E-state index < -0.39 is 34.1 Å². The van der Waals surface area contributed by atoms with Gasteiger partial charge in [0.15, 0.2) is 5.78 Å². The second-order valence-corrected chi connectivity index (χ2v) is 7.59. The fourth-order valence-corrected chi connectivity index (χ4v) is 3.37. The van der Waals surface area contributed by atoms with E-state index in [0.717, 1.165) is 0 Å². The van der Waals surface area contributed by atoms with Crippen molar-refractivity contribution in [1.82, 2.24) is 4.72 Å². The van der Waals surface area contributed by atoms with Crippen LogP contribution in [0.3, 0.4) is 0 Å². The summed E-state index contributed by atoms with van der Waals surface area (Å²) in [7, 11) is -3.67. The zero-order valence-corrected chi connectivity index (χ0v) is 15.8. The van der Waals surface area contributed by atoms with Crippen molar-refractivity contribution in [1.29, 1.82) is 5.41 Å². The summed E-state index contributed by atoms with van der Waals surface area (Å²) in [6, 6.07) is 4.82. The standard InChI is InChI=1S/C17H22N2O6S/c1-10(2)19-26(23,24)14-7-5-13(6-8-14)17(22)25-9-15(21)16(11(3)18)12(4)20/h5-8,10,18-19,21H,9H2,1-4H3/b16-15-,18-11?. The highest BCUT2D eigenvalue weighted by Crippen LogP contribution is 2.13. The van der Waals surface area contributed by atoms with Crippen molar-refractivity contribution in [3.63, 3.8) is 0 Å². The van der Waals surface area contributed by atoms with E-state index in [9.17, 15) is 23.1 Å². The second-order valence-electron chi connectivity index (χ2n) is 5.88. The van der Waals surface area contributed by atoms with Gasteiger partial charge in [0.25, 0.3) is 0 Å². The van der Waals surface area contributed by atoms with E-state index in [1.165, 1.54) is 38.1 Å². The van der Waals surface area contributed by atoms with Crippen LogP contribution in [0, 0.1) is 5.41 Å². The minimum absolute atomic E-state index is 0.00351. The number of aliphatic hydroxyl groups excluding tert-OH is 1. The zero-order chi connectivity index (χ0) is 20.1. The highest BCUT2D eigenvalue weighted by molar-refractivity contribution is 7.89. The largest absolute Gasteiger partial charge is 0.508 e. The van der Waals surface area contributed by atoms with Crippen molar-refractivity contribution in [2.24, 2.45) is 0 Å². The summed E-state index contributed by atoms with van der Waals surface area (Å²) in [6.45, 7) is 5.33. The molecule has 26 heavy (non-hydrogen) atoms. The molecule has 0 aromatic heterocycles. The lowest BCUT2D eigenvalue weighted by Crippen LogP contribution is -2.30. The monoisotopic (exact) mass is 382 g/mol. The maximum Gasteiger partial charge on any atom is 0.338 e. The number of esters is 1. The van der Waals surface area contributed by atoms with E-state index in [2.05, 4.69) is 4.72 Å². The average molecular weight is 382 g/mol. The molecule has 3 N–H and O–H groups in total. The first-order chi connectivity index (χ1) is 12.0. The molecular weight excluding hydrogens is 360 g/mol. The molecule has 0 bridgehead atoms. The third-order valence-electron chi connectivity index (χ3n) is 3.15. The van der Waals surface area contributed by atoms with Crippen LogP contribution >= 0.6 is 0 Å². The Morgan fingerprint density at radius 2 is 1.73 bits per heavy atom. The van der Waals surface area contributed by atoms with Crippen LogP contribution < -0.4 is 4.72 Å². The van der Waals surface area contributed by atoms with Crippen LogP contribution in [0.15, 0.2) is 40.5 Å². The lowest BCUT2D eigenvalue weighted by Gasteiger charge is -2.10. The molecule has 0 amide bonds. The van der Waals surface area contributed by atoms with Crippen LogP contribution in [0.2, 0.25) is 0 Å². The molecule has 142 valence electrons. The smallest absolute Gasteiger partial charge is 0.338 e. The van der Waals surface area contributed by atoms with Crippen LogP contribution in [0.25, 0.3) is 0 Å². The molecule has 0 fully saturated rings. The molecule has 8 nitrogen and oxygen atoms in total. The first-order valence-corrected chi connectivity index (χ1v) is 9.22. The number of allylic oxidation sites excluding steroid dienone is 1. The van der Waals surface area contributed by atoms with E-state index in [1.807, 2.05) is 0 Å². The predicted octanol–water partition coefficient (Wildman–Crippen LogP) is 1.97. The van der Waals surface area contributed by atoms with E-state index in [0.29, 0.717) is 0 Å². The van der Waals surface area contributed by atoms with E-state index in [4.69, 9.17) is 10.1 Å². The Kier molecular flexibility index (Phi) is 7.22. The molecule has 0 radical (unpaired) electrons. The van der Waals surface area contributed by atoms with E-state index >= 15 is 0 Å². The lowest BCUT2D eigenvalue weighted by molar-refractivity contribution is -0.113. The Bertz CT molecular complexity index is 823. The van der Waals surface area contributed by atoms with E-state index in [-0.39, 0.29) is 27.8 Å². The number of nitrogens with one attached hydrogen (secondary N) is 2. The maximum atomic E-state index is 12.0. The minimum Gasteiger partial charge on any atom is -0.508 e. The number of aliphatic hydroxyl groups is 1. The second kappa shape index (κ2) is 8.72. The molecule has 1 aromatic rings. The number of benzene rings is 1. The number of ether oxygens (including phenoxy) is 1. The summed E-state index contributed by atoms with van der Waals surface area (Å²) >= 11 is 0. The van der Waals surface area contributed by atoms with Gasteiger partial charge in [-0.1, -0.05) is 0 Å². The fourth-order valence-electron chi connectivity index (χ4n) is 2.12. The Labute approximate surface area is 152 Å². The van der Waals surface area contributed by atoms with Crippen molar-refractivity contribution in [3.8, 4) is 0 Å². The molecule has 0 spiro atoms. The highest BCUT2D eigenvalue weighted by atomic mass is 32.2. The number of ketones is 1. The molecule has 0 unspecified atom stereocenters. The van der Waals surface area contributed by atoms with E-state index in [1.54, 1.807) is 13.8 Å².